The Morgan fingerprint density at radius 1 is 1.23 bits per heavy atom. The van der Waals surface area contributed by atoms with E-state index in [1.807, 2.05) is 0 Å². The molecule has 1 aliphatic carbocycles. The van der Waals surface area contributed by atoms with Gasteiger partial charge >= 0.3 is 0 Å². The third kappa shape index (κ3) is 3.25. The van der Waals surface area contributed by atoms with Crippen LogP contribution in [0.2, 0.25) is 0 Å². The topological polar surface area (TPSA) is 41.5 Å². The first kappa shape index (κ1) is 9.44. The Bertz CT molecular complexity index is 159. The molecule has 0 amide bonds. The number of ether oxygens (including phenoxy) is 1. The summed E-state index contributed by atoms with van der Waals surface area (Å²) in [5, 5.41) is 12.8. The van der Waals surface area contributed by atoms with Crippen molar-refractivity contribution in [1.29, 1.82) is 0 Å². The molecule has 0 aromatic rings. The Hall–Kier alpha value is -0.120. The molecule has 76 valence electrons. The molecule has 1 aliphatic heterocycles. The molecule has 0 bridgehead atoms. The lowest BCUT2D eigenvalue weighted by Crippen LogP contribution is -2.37. The Morgan fingerprint density at radius 2 is 2.08 bits per heavy atom. The standard InChI is InChI=1S/C10H19NO2/c12-9-3-4-13-10(5-9)7-11-6-8-1-2-8/h8-12H,1-7H2. The normalized spacial score (nSPS) is 34.8. The van der Waals surface area contributed by atoms with Gasteiger partial charge in [-0.1, -0.05) is 0 Å². The molecule has 1 heterocycles. The summed E-state index contributed by atoms with van der Waals surface area (Å²) in [6.45, 7) is 2.76. The minimum absolute atomic E-state index is 0.138. The van der Waals surface area contributed by atoms with Gasteiger partial charge < -0.3 is 15.2 Å². The zero-order valence-electron chi connectivity index (χ0n) is 8.04. The van der Waals surface area contributed by atoms with Crippen molar-refractivity contribution < 1.29 is 9.84 Å². The molecular weight excluding hydrogens is 166 g/mol. The van der Waals surface area contributed by atoms with Crippen molar-refractivity contribution in [2.75, 3.05) is 19.7 Å². The van der Waals surface area contributed by atoms with Gasteiger partial charge in [-0.05, 0) is 31.7 Å². The largest absolute Gasteiger partial charge is 0.393 e. The highest BCUT2D eigenvalue weighted by Crippen LogP contribution is 2.27. The van der Waals surface area contributed by atoms with Crippen molar-refractivity contribution in [3.8, 4) is 0 Å². The van der Waals surface area contributed by atoms with Crippen LogP contribution in [0.5, 0.6) is 0 Å². The van der Waals surface area contributed by atoms with E-state index >= 15 is 0 Å². The molecule has 2 fully saturated rings. The Kier molecular flexibility index (Phi) is 3.19. The SMILES string of the molecule is OC1CCOC(CNCC2CC2)C1. The van der Waals surface area contributed by atoms with Crippen LogP contribution in [0.4, 0.5) is 0 Å². The maximum Gasteiger partial charge on any atom is 0.0724 e. The molecule has 2 atom stereocenters. The van der Waals surface area contributed by atoms with Crippen molar-refractivity contribution in [2.24, 2.45) is 5.92 Å². The highest BCUT2D eigenvalue weighted by atomic mass is 16.5. The number of aliphatic hydroxyl groups excluding tert-OH is 1. The second kappa shape index (κ2) is 4.40. The average molecular weight is 185 g/mol. The summed E-state index contributed by atoms with van der Waals surface area (Å²) in [7, 11) is 0. The number of nitrogens with one attached hydrogen (secondary N) is 1. The summed E-state index contributed by atoms with van der Waals surface area (Å²) in [5.74, 6) is 0.925. The molecule has 3 nitrogen and oxygen atoms in total. The number of hydrogen-bond donors (Lipinski definition) is 2. The molecular formula is C10H19NO2. The minimum atomic E-state index is -0.138. The summed E-state index contributed by atoms with van der Waals surface area (Å²) in [5.41, 5.74) is 0. The van der Waals surface area contributed by atoms with E-state index in [1.165, 1.54) is 12.8 Å². The first-order chi connectivity index (χ1) is 6.34. The predicted octanol–water partition coefficient (Wildman–Crippen LogP) is 0.526. The Balaban J connectivity index is 1.56. The molecule has 2 N–H and O–H groups in total. The van der Waals surface area contributed by atoms with Crippen LogP contribution in [0.15, 0.2) is 0 Å². The molecule has 1 saturated heterocycles. The lowest BCUT2D eigenvalue weighted by atomic mass is 10.1. The fourth-order valence-electron chi connectivity index (χ4n) is 1.77. The zero-order chi connectivity index (χ0) is 9.10. The maximum absolute atomic E-state index is 9.39. The van der Waals surface area contributed by atoms with Crippen LogP contribution in [0.3, 0.4) is 0 Å². The third-order valence-electron chi connectivity index (χ3n) is 2.84. The summed E-state index contributed by atoms with van der Waals surface area (Å²) in [6, 6.07) is 0. The highest BCUT2D eigenvalue weighted by molar-refractivity contribution is 4.77. The van der Waals surface area contributed by atoms with Crippen molar-refractivity contribution in [1.82, 2.24) is 5.32 Å². The predicted molar refractivity (Wildman–Crippen MR) is 50.6 cm³/mol. The van der Waals surface area contributed by atoms with Gasteiger partial charge in [-0.15, -0.1) is 0 Å². The van der Waals surface area contributed by atoms with Crippen LogP contribution in [0.25, 0.3) is 0 Å². The maximum atomic E-state index is 9.39. The summed E-state index contributed by atoms with van der Waals surface area (Å²) in [6.07, 6.45) is 4.49. The molecule has 13 heavy (non-hydrogen) atoms. The van der Waals surface area contributed by atoms with E-state index in [9.17, 15) is 5.11 Å². The van der Waals surface area contributed by atoms with E-state index in [0.717, 1.165) is 38.5 Å². The summed E-state index contributed by atoms with van der Waals surface area (Å²) < 4.78 is 5.53. The third-order valence-corrected chi connectivity index (χ3v) is 2.84. The molecule has 3 heteroatoms. The van der Waals surface area contributed by atoms with Crippen molar-refractivity contribution in [2.45, 2.75) is 37.9 Å². The van der Waals surface area contributed by atoms with Gasteiger partial charge in [0.15, 0.2) is 0 Å². The molecule has 0 radical (unpaired) electrons. The van der Waals surface area contributed by atoms with Crippen LogP contribution >= 0.6 is 0 Å². The van der Waals surface area contributed by atoms with E-state index in [0.29, 0.717) is 0 Å². The second-order valence-electron chi connectivity index (χ2n) is 4.27. The van der Waals surface area contributed by atoms with Crippen LogP contribution < -0.4 is 5.32 Å². The smallest absolute Gasteiger partial charge is 0.0724 e. The van der Waals surface area contributed by atoms with Crippen LogP contribution in [-0.4, -0.2) is 37.0 Å². The zero-order valence-corrected chi connectivity index (χ0v) is 8.04. The van der Waals surface area contributed by atoms with Gasteiger partial charge in [0.1, 0.15) is 0 Å². The lowest BCUT2D eigenvalue weighted by molar-refractivity contribution is -0.0417. The highest BCUT2D eigenvalue weighted by Gasteiger charge is 2.23. The summed E-state index contributed by atoms with van der Waals surface area (Å²) >= 11 is 0. The fraction of sp³-hybridized carbons (Fsp3) is 1.00. The molecule has 0 spiro atoms. The number of aliphatic hydroxyl groups is 1. The van der Waals surface area contributed by atoms with Crippen molar-refractivity contribution in [3.05, 3.63) is 0 Å². The van der Waals surface area contributed by atoms with Crippen LogP contribution in [0, 0.1) is 5.92 Å². The van der Waals surface area contributed by atoms with Gasteiger partial charge in [0, 0.05) is 19.6 Å². The first-order valence-corrected chi connectivity index (χ1v) is 5.35. The molecule has 1 saturated carbocycles. The fourth-order valence-corrected chi connectivity index (χ4v) is 1.77. The van der Waals surface area contributed by atoms with Gasteiger partial charge in [0.05, 0.1) is 12.2 Å². The first-order valence-electron chi connectivity index (χ1n) is 5.35. The van der Waals surface area contributed by atoms with E-state index in [1.54, 1.807) is 0 Å². The number of hydrogen-bond acceptors (Lipinski definition) is 3. The molecule has 2 unspecified atom stereocenters. The van der Waals surface area contributed by atoms with E-state index < -0.39 is 0 Å². The Labute approximate surface area is 79.5 Å². The lowest BCUT2D eigenvalue weighted by Gasteiger charge is -2.26. The van der Waals surface area contributed by atoms with Crippen LogP contribution in [0.1, 0.15) is 25.7 Å². The molecule has 0 aromatic heterocycles. The average Bonchev–Trinajstić information content (AvgIpc) is 2.88. The van der Waals surface area contributed by atoms with E-state index in [4.69, 9.17) is 4.74 Å². The summed E-state index contributed by atoms with van der Waals surface area (Å²) in [4.78, 5) is 0. The van der Waals surface area contributed by atoms with E-state index in [-0.39, 0.29) is 12.2 Å². The van der Waals surface area contributed by atoms with Gasteiger partial charge in [-0.2, -0.15) is 0 Å². The van der Waals surface area contributed by atoms with E-state index in [2.05, 4.69) is 5.32 Å². The van der Waals surface area contributed by atoms with Gasteiger partial charge in [-0.3, -0.25) is 0 Å². The second-order valence-corrected chi connectivity index (χ2v) is 4.27. The molecule has 0 aromatic carbocycles. The van der Waals surface area contributed by atoms with Crippen LogP contribution in [-0.2, 0) is 4.74 Å². The van der Waals surface area contributed by atoms with Crippen molar-refractivity contribution >= 4 is 0 Å². The quantitative estimate of drug-likeness (QED) is 0.671. The monoisotopic (exact) mass is 185 g/mol. The van der Waals surface area contributed by atoms with Gasteiger partial charge in [0.2, 0.25) is 0 Å². The van der Waals surface area contributed by atoms with Gasteiger partial charge in [-0.25, -0.2) is 0 Å². The minimum Gasteiger partial charge on any atom is -0.393 e. The Morgan fingerprint density at radius 3 is 2.77 bits per heavy atom. The molecule has 2 rings (SSSR count). The molecule has 2 aliphatic rings. The van der Waals surface area contributed by atoms with Crippen molar-refractivity contribution in [3.63, 3.8) is 0 Å². The number of rotatable bonds is 4. The van der Waals surface area contributed by atoms with Gasteiger partial charge in [0.25, 0.3) is 0 Å².